The number of fused-ring (bicyclic) bond motifs is 1. The molecule has 56 valence electrons. The van der Waals surface area contributed by atoms with Gasteiger partial charge >= 0.3 is 0 Å². The Bertz CT molecular complexity index is 168. The molecule has 10 heavy (non-hydrogen) atoms. The van der Waals surface area contributed by atoms with E-state index in [2.05, 4.69) is 0 Å². The van der Waals surface area contributed by atoms with E-state index in [0.29, 0.717) is 17.9 Å². The second-order valence-corrected chi connectivity index (χ2v) is 3.33. The molecule has 1 saturated heterocycles. The molecule has 3 atom stereocenters. The van der Waals surface area contributed by atoms with E-state index in [9.17, 15) is 4.79 Å². The van der Waals surface area contributed by atoms with Gasteiger partial charge in [-0.3, -0.25) is 4.79 Å². The number of carbonyl (C=O) groups is 1. The summed E-state index contributed by atoms with van der Waals surface area (Å²) in [5, 5.41) is 0. The highest BCUT2D eigenvalue weighted by Crippen LogP contribution is 2.43. The first-order valence-corrected chi connectivity index (χ1v) is 3.71. The zero-order chi connectivity index (χ0) is 7.30. The molecule has 0 radical (unpaired) electrons. The van der Waals surface area contributed by atoms with E-state index in [1.165, 1.54) is 0 Å². The van der Waals surface area contributed by atoms with Gasteiger partial charge in [-0.1, -0.05) is 0 Å². The third-order valence-electron chi connectivity index (χ3n) is 2.71. The molecule has 0 aromatic carbocycles. The van der Waals surface area contributed by atoms with Crippen LogP contribution in [0, 0.1) is 11.8 Å². The lowest BCUT2D eigenvalue weighted by Gasteiger charge is -2.15. The molecule has 2 N–H and O–H groups in total. The molecule has 1 saturated carbocycles. The van der Waals surface area contributed by atoms with Crippen molar-refractivity contribution in [2.24, 2.45) is 17.6 Å². The van der Waals surface area contributed by atoms with Crippen molar-refractivity contribution in [1.82, 2.24) is 4.90 Å². The van der Waals surface area contributed by atoms with E-state index in [1.807, 2.05) is 4.90 Å². The standard InChI is InChI=1S/C7H12N2O/c1-4(10)9-2-5-6(3-9)7(5)8/h5-7H,2-3,8H2,1H3/t5-,6+,7?. The Morgan fingerprint density at radius 1 is 1.50 bits per heavy atom. The first-order chi connectivity index (χ1) is 4.70. The molecule has 2 rings (SSSR count). The number of piperidine rings is 1. The zero-order valence-corrected chi connectivity index (χ0v) is 6.08. The minimum absolute atomic E-state index is 0.194. The second-order valence-electron chi connectivity index (χ2n) is 3.33. The van der Waals surface area contributed by atoms with Crippen molar-refractivity contribution in [2.75, 3.05) is 13.1 Å². The number of amides is 1. The summed E-state index contributed by atoms with van der Waals surface area (Å²) in [7, 11) is 0. The molecule has 0 aromatic rings. The molecule has 3 heteroatoms. The van der Waals surface area contributed by atoms with Gasteiger partial charge in [0.25, 0.3) is 0 Å². The molecule has 1 aliphatic heterocycles. The van der Waals surface area contributed by atoms with E-state index in [-0.39, 0.29) is 5.91 Å². The summed E-state index contributed by atoms with van der Waals surface area (Å²) in [6.07, 6.45) is 0. The van der Waals surface area contributed by atoms with Gasteiger partial charge in [0.1, 0.15) is 0 Å². The number of hydrogen-bond donors (Lipinski definition) is 1. The van der Waals surface area contributed by atoms with Crippen LogP contribution in [0.15, 0.2) is 0 Å². The van der Waals surface area contributed by atoms with Crippen LogP contribution in [0.3, 0.4) is 0 Å². The number of likely N-dealkylation sites (tertiary alicyclic amines) is 1. The number of nitrogens with two attached hydrogens (primary N) is 1. The first-order valence-electron chi connectivity index (χ1n) is 3.71. The van der Waals surface area contributed by atoms with Crippen LogP contribution in [0.2, 0.25) is 0 Å². The molecule has 1 aliphatic carbocycles. The lowest BCUT2D eigenvalue weighted by molar-refractivity contribution is -0.128. The molecule has 0 bridgehead atoms. The van der Waals surface area contributed by atoms with Gasteiger partial charge in [-0.15, -0.1) is 0 Å². The molecule has 1 amide bonds. The molecule has 0 spiro atoms. The Balaban J connectivity index is 1.95. The highest BCUT2D eigenvalue weighted by atomic mass is 16.2. The molecule has 2 fully saturated rings. The second kappa shape index (κ2) is 1.72. The maximum atomic E-state index is 10.8. The SMILES string of the molecule is CC(=O)N1C[C@@H]2C(N)[C@@H]2C1. The van der Waals surface area contributed by atoms with Crippen molar-refractivity contribution >= 4 is 5.91 Å². The van der Waals surface area contributed by atoms with Gasteiger partial charge in [-0.25, -0.2) is 0 Å². The minimum atomic E-state index is 0.194. The number of nitrogens with zero attached hydrogens (tertiary/aromatic N) is 1. The highest BCUT2D eigenvalue weighted by Gasteiger charge is 2.54. The number of carbonyl (C=O) groups excluding carboxylic acids is 1. The van der Waals surface area contributed by atoms with Gasteiger partial charge in [0.2, 0.25) is 5.91 Å². The Labute approximate surface area is 60.2 Å². The van der Waals surface area contributed by atoms with Crippen LogP contribution in [0.5, 0.6) is 0 Å². The fraction of sp³-hybridized carbons (Fsp3) is 0.857. The van der Waals surface area contributed by atoms with Gasteiger partial charge < -0.3 is 10.6 Å². The summed E-state index contributed by atoms with van der Waals surface area (Å²) in [6, 6.07) is 0.399. The van der Waals surface area contributed by atoms with Gasteiger partial charge in [0.15, 0.2) is 0 Å². The van der Waals surface area contributed by atoms with Crippen molar-refractivity contribution in [1.29, 1.82) is 0 Å². The zero-order valence-electron chi connectivity index (χ0n) is 6.08. The molecule has 3 nitrogen and oxygen atoms in total. The summed E-state index contributed by atoms with van der Waals surface area (Å²) < 4.78 is 0. The fourth-order valence-corrected chi connectivity index (χ4v) is 1.83. The fourth-order valence-electron chi connectivity index (χ4n) is 1.83. The van der Waals surface area contributed by atoms with Crippen LogP contribution in [0.1, 0.15) is 6.92 Å². The van der Waals surface area contributed by atoms with Crippen LogP contribution >= 0.6 is 0 Å². The summed E-state index contributed by atoms with van der Waals surface area (Å²) in [5.41, 5.74) is 5.70. The van der Waals surface area contributed by atoms with Crippen molar-refractivity contribution in [3.63, 3.8) is 0 Å². The summed E-state index contributed by atoms with van der Waals surface area (Å²) in [5.74, 6) is 1.45. The number of hydrogen-bond acceptors (Lipinski definition) is 2. The molecular weight excluding hydrogens is 128 g/mol. The molecule has 0 aromatic heterocycles. The third kappa shape index (κ3) is 0.669. The van der Waals surface area contributed by atoms with Crippen LogP contribution < -0.4 is 5.73 Å². The first kappa shape index (κ1) is 6.16. The quantitative estimate of drug-likeness (QED) is 0.489. The smallest absolute Gasteiger partial charge is 0.219 e. The lowest BCUT2D eigenvalue weighted by atomic mass is 10.4. The summed E-state index contributed by atoms with van der Waals surface area (Å²) in [6.45, 7) is 3.43. The molecule has 2 aliphatic rings. The van der Waals surface area contributed by atoms with Crippen LogP contribution in [-0.4, -0.2) is 29.9 Å². The van der Waals surface area contributed by atoms with Crippen molar-refractivity contribution < 1.29 is 4.79 Å². The molecule has 1 heterocycles. The van der Waals surface area contributed by atoms with Gasteiger partial charge in [-0.05, 0) is 11.8 Å². The predicted molar refractivity (Wildman–Crippen MR) is 37.2 cm³/mol. The average Bonchev–Trinajstić information content (AvgIpc) is 2.38. The van der Waals surface area contributed by atoms with Crippen molar-refractivity contribution in [3.05, 3.63) is 0 Å². The number of rotatable bonds is 0. The van der Waals surface area contributed by atoms with E-state index in [1.54, 1.807) is 6.92 Å². The Hall–Kier alpha value is -0.570. The largest absolute Gasteiger partial charge is 0.342 e. The maximum absolute atomic E-state index is 10.8. The van der Waals surface area contributed by atoms with Crippen molar-refractivity contribution in [3.8, 4) is 0 Å². The summed E-state index contributed by atoms with van der Waals surface area (Å²) >= 11 is 0. The Morgan fingerprint density at radius 3 is 2.40 bits per heavy atom. The van der Waals surface area contributed by atoms with Gasteiger partial charge in [-0.2, -0.15) is 0 Å². The van der Waals surface area contributed by atoms with Crippen molar-refractivity contribution in [2.45, 2.75) is 13.0 Å². The van der Waals surface area contributed by atoms with Crippen LogP contribution in [0.4, 0.5) is 0 Å². The van der Waals surface area contributed by atoms with Crippen LogP contribution in [0.25, 0.3) is 0 Å². The van der Waals surface area contributed by atoms with Gasteiger partial charge in [0.05, 0.1) is 0 Å². The maximum Gasteiger partial charge on any atom is 0.219 e. The lowest BCUT2D eigenvalue weighted by Crippen LogP contribution is -2.31. The van der Waals surface area contributed by atoms with Crippen LogP contribution in [-0.2, 0) is 4.79 Å². The minimum Gasteiger partial charge on any atom is -0.342 e. The van der Waals surface area contributed by atoms with E-state index in [4.69, 9.17) is 5.73 Å². The topological polar surface area (TPSA) is 46.3 Å². The molecule has 1 unspecified atom stereocenters. The Kier molecular flexibility index (Phi) is 1.06. The normalized spacial score (nSPS) is 43.4. The average molecular weight is 140 g/mol. The van der Waals surface area contributed by atoms with E-state index < -0.39 is 0 Å². The van der Waals surface area contributed by atoms with E-state index in [0.717, 1.165) is 13.1 Å². The monoisotopic (exact) mass is 140 g/mol. The summed E-state index contributed by atoms with van der Waals surface area (Å²) in [4.78, 5) is 12.7. The molecular formula is C7H12N2O. The third-order valence-corrected chi connectivity index (χ3v) is 2.71. The highest BCUT2D eigenvalue weighted by molar-refractivity contribution is 5.73. The predicted octanol–water partition coefficient (Wildman–Crippen LogP) is -0.578. The van der Waals surface area contributed by atoms with Gasteiger partial charge in [0, 0.05) is 26.1 Å². The van der Waals surface area contributed by atoms with E-state index >= 15 is 0 Å². The Morgan fingerprint density at radius 2 is 2.00 bits per heavy atom.